The lowest BCUT2D eigenvalue weighted by Gasteiger charge is -2.11. The molecule has 0 aliphatic heterocycles. The van der Waals surface area contributed by atoms with Gasteiger partial charge in [0.15, 0.2) is 0 Å². The maximum Gasteiger partial charge on any atom is 0.266 e. The predicted octanol–water partition coefficient (Wildman–Crippen LogP) is 5.42. The standard InChI is InChI=1S/C22H27N3O2S/c1-6-7-25-21(10-16(4)24-25)23-22(26)20-11-18(13-28-20)12-27-19-9-14(2)8-15(3)17(19)5/h8-11,13H,6-7,12H2,1-5H3,(H,23,26). The summed E-state index contributed by atoms with van der Waals surface area (Å²) in [6.45, 7) is 11.5. The Morgan fingerprint density at radius 2 is 1.96 bits per heavy atom. The van der Waals surface area contributed by atoms with Crippen LogP contribution in [0.15, 0.2) is 29.6 Å². The molecule has 0 saturated heterocycles. The van der Waals surface area contributed by atoms with Gasteiger partial charge in [-0.25, -0.2) is 4.68 Å². The smallest absolute Gasteiger partial charge is 0.266 e. The zero-order chi connectivity index (χ0) is 20.3. The van der Waals surface area contributed by atoms with Crippen LogP contribution in [0.5, 0.6) is 5.75 Å². The van der Waals surface area contributed by atoms with E-state index in [0.29, 0.717) is 11.5 Å². The summed E-state index contributed by atoms with van der Waals surface area (Å²) in [7, 11) is 0. The number of aryl methyl sites for hydroxylation is 4. The first-order valence-corrected chi connectivity index (χ1v) is 10.4. The van der Waals surface area contributed by atoms with Gasteiger partial charge in [-0.2, -0.15) is 5.10 Å². The Balaban J connectivity index is 1.66. The number of hydrogen-bond donors (Lipinski definition) is 1. The molecule has 0 radical (unpaired) electrons. The third-order valence-corrected chi connectivity index (χ3v) is 5.59. The van der Waals surface area contributed by atoms with Crippen molar-refractivity contribution in [1.29, 1.82) is 0 Å². The molecule has 5 nitrogen and oxygen atoms in total. The second-order valence-electron chi connectivity index (χ2n) is 7.16. The minimum atomic E-state index is -0.115. The number of amides is 1. The molecule has 148 valence electrons. The lowest BCUT2D eigenvalue weighted by atomic mass is 10.1. The van der Waals surface area contributed by atoms with Crippen molar-refractivity contribution in [2.45, 2.75) is 54.2 Å². The topological polar surface area (TPSA) is 56.2 Å². The second-order valence-corrected chi connectivity index (χ2v) is 8.07. The van der Waals surface area contributed by atoms with Gasteiger partial charge in [0.05, 0.1) is 10.6 Å². The summed E-state index contributed by atoms with van der Waals surface area (Å²) in [5.41, 5.74) is 5.44. The Morgan fingerprint density at radius 1 is 1.18 bits per heavy atom. The largest absolute Gasteiger partial charge is 0.489 e. The van der Waals surface area contributed by atoms with Crippen LogP contribution in [0.4, 0.5) is 5.82 Å². The lowest BCUT2D eigenvalue weighted by molar-refractivity contribution is 0.102. The van der Waals surface area contributed by atoms with Crippen molar-refractivity contribution >= 4 is 23.1 Å². The van der Waals surface area contributed by atoms with E-state index in [2.05, 4.69) is 50.2 Å². The highest BCUT2D eigenvalue weighted by Crippen LogP contribution is 2.25. The normalized spacial score (nSPS) is 10.9. The number of thiophene rings is 1. The number of ether oxygens (including phenoxy) is 1. The maximum atomic E-state index is 12.6. The van der Waals surface area contributed by atoms with Crippen molar-refractivity contribution in [3.8, 4) is 5.75 Å². The van der Waals surface area contributed by atoms with Crippen LogP contribution in [0.2, 0.25) is 0 Å². The number of carbonyl (C=O) groups is 1. The Kier molecular flexibility index (Phi) is 6.19. The van der Waals surface area contributed by atoms with Gasteiger partial charge in [0.2, 0.25) is 0 Å². The van der Waals surface area contributed by atoms with E-state index < -0.39 is 0 Å². The van der Waals surface area contributed by atoms with Crippen molar-refractivity contribution in [3.05, 3.63) is 62.5 Å². The Morgan fingerprint density at radius 3 is 2.71 bits per heavy atom. The molecule has 28 heavy (non-hydrogen) atoms. The van der Waals surface area contributed by atoms with Gasteiger partial charge in [0, 0.05) is 18.2 Å². The quantitative estimate of drug-likeness (QED) is 0.579. The Bertz CT molecular complexity index is 988. The van der Waals surface area contributed by atoms with E-state index in [9.17, 15) is 4.79 Å². The zero-order valence-electron chi connectivity index (χ0n) is 17.1. The highest BCUT2D eigenvalue weighted by atomic mass is 32.1. The monoisotopic (exact) mass is 397 g/mol. The van der Waals surface area contributed by atoms with E-state index in [1.54, 1.807) is 0 Å². The van der Waals surface area contributed by atoms with Gasteiger partial charge in [-0.1, -0.05) is 13.0 Å². The molecule has 1 amide bonds. The van der Waals surface area contributed by atoms with Crippen molar-refractivity contribution in [2.75, 3.05) is 5.32 Å². The zero-order valence-corrected chi connectivity index (χ0v) is 17.9. The number of hydrogen-bond acceptors (Lipinski definition) is 4. The van der Waals surface area contributed by atoms with Crippen LogP contribution in [0, 0.1) is 27.7 Å². The molecular formula is C22H27N3O2S. The number of carbonyl (C=O) groups excluding carboxylic acids is 1. The summed E-state index contributed by atoms with van der Waals surface area (Å²) in [4.78, 5) is 13.3. The molecule has 0 aliphatic carbocycles. The first-order valence-electron chi connectivity index (χ1n) is 9.51. The molecular weight excluding hydrogens is 370 g/mol. The molecule has 0 atom stereocenters. The first-order chi connectivity index (χ1) is 13.4. The van der Waals surface area contributed by atoms with Gasteiger partial charge >= 0.3 is 0 Å². The van der Waals surface area contributed by atoms with Gasteiger partial charge in [-0.15, -0.1) is 11.3 Å². The SMILES string of the molecule is CCCn1nc(C)cc1NC(=O)c1cc(COc2cc(C)cc(C)c2C)cs1. The molecule has 0 saturated carbocycles. The molecule has 3 rings (SSSR count). The molecule has 0 spiro atoms. The van der Waals surface area contributed by atoms with E-state index >= 15 is 0 Å². The van der Waals surface area contributed by atoms with Gasteiger partial charge < -0.3 is 10.1 Å². The summed E-state index contributed by atoms with van der Waals surface area (Å²) in [6.07, 6.45) is 0.961. The molecule has 0 unspecified atom stereocenters. The highest BCUT2D eigenvalue weighted by Gasteiger charge is 2.14. The fourth-order valence-electron chi connectivity index (χ4n) is 3.09. The summed E-state index contributed by atoms with van der Waals surface area (Å²) < 4.78 is 7.85. The third-order valence-electron chi connectivity index (χ3n) is 4.62. The molecule has 0 bridgehead atoms. The minimum absolute atomic E-state index is 0.115. The van der Waals surface area contributed by atoms with E-state index in [4.69, 9.17) is 4.74 Å². The van der Waals surface area contributed by atoms with Crippen molar-refractivity contribution < 1.29 is 9.53 Å². The molecule has 0 fully saturated rings. The van der Waals surface area contributed by atoms with E-state index in [1.807, 2.05) is 29.1 Å². The van der Waals surface area contributed by atoms with E-state index in [-0.39, 0.29) is 5.91 Å². The molecule has 2 aromatic heterocycles. The number of benzene rings is 1. The summed E-state index contributed by atoms with van der Waals surface area (Å²) in [5, 5.41) is 9.37. The van der Waals surface area contributed by atoms with Crippen molar-refractivity contribution in [3.63, 3.8) is 0 Å². The maximum absolute atomic E-state index is 12.6. The number of nitrogens with one attached hydrogen (secondary N) is 1. The molecule has 1 aromatic carbocycles. The first kappa shape index (κ1) is 20.1. The number of rotatable bonds is 7. The van der Waals surface area contributed by atoms with Crippen LogP contribution in [-0.2, 0) is 13.2 Å². The van der Waals surface area contributed by atoms with Crippen molar-refractivity contribution in [2.24, 2.45) is 0 Å². The summed E-state index contributed by atoms with van der Waals surface area (Å²) >= 11 is 1.43. The number of aromatic nitrogens is 2. The van der Waals surface area contributed by atoms with Gasteiger partial charge in [0.25, 0.3) is 5.91 Å². The Hall–Kier alpha value is -2.60. The van der Waals surface area contributed by atoms with Crippen LogP contribution in [0.25, 0.3) is 0 Å². The third kappa shape index (κ3) is 4.62. The van der Waals surface area contributed by atoms with E-state index in [0.717, 1.165) is 41.4 Å². The fourth-order valence-corrected chi connectivity index (χ4v) is 3.88. The van der Waals surface area contributed by atoms with E-state index in [1.165, 1.54) is 22.5 Å². The van der Waals surface area contributed by atoms with Crippen LogP contribution in [-0.4, -0.2) is 15.7 Å². The van der Waals surface area contributed by atoms with Crippen LogP contribution >= 0.6 is 11.3 Å². The Labute approximate surface area is 170 Å². The van der Waals surface area contributed by atoms with Gasteiger partial charge in [-0.05, 0) is 68.3 Å². The van der Waals surface area contributed by atoms with Crippen LogP contribution in [0.1, 0.15) is 51.0 Å². The fraction of sp³-hybridized carbons (Fsp3) is 0.364. The molecule has 6 heteroatoms. The van der Waals surface area contributed by atoms with Crippen molar-refractivity contribution in [1.82, 2.24) is 9.78 Å². The average molecular weight is 398 g/mol. The number of nitrogens with zero attached hydrogens (tertiary/aromatic N) is 2. The van der Waals surface area contributed by atoms with Gasteiger partial charge in [-0.3, -0.25) is 4.79 Å². The van der Waals surface area contributed by atoms with Crippen LogP contribution < -0.4 is 10.1 Å². The second kappa shape index (κ2) is 8.61. The van der Waals surface area contributed by atoms with Gasteiger partial charge in [0.1, 0.15) is 18.2 Å². The molecule has 0 aliphatic rings. The number of anilines is 1. The molecule has 1 N–H and O–H groups in total. The summed E-state index contributed by atoms with van der Waals surface area (Å²) in [5.74, 6) is 1.52. The highest BCUT2D eigenvalue weighted by molar-refractivity contribution is 7.12. The minimum Gasteiger partial charge on any atom is -0.489 e. The predicted molar refractivity (Wildman–Crippen MR) is 115 cm³/mol. The molecule has 3 aromatic rings. The lowest BCUT2D eigenvalue weighted by Crippen LogP contribution is -2.14. The summed E-state index contributed by atoms with van der Waals surface area (Å²) in [6, 6.07) is 8.00. The molecule has 2 heterocycles. The van der Waals surface area contributed by atoms with Crippen LogP contribution in [0.3, 0.4) is 0 Å². The average Bonchev–Trinajstić information content (AvgIpc) is 3.24.